The first-order valence-corrected chi connectivity index (χ1v) is 4.64. The number of halogens is 3. The number of nitrogens with one attached hydrogen (secondary N) is 1. The van der Waals surface area contributed by atoms with E-state index in [1.807, 2.05) is 0 Å². The minimum atomic E-state index is -0.695. The summed E-state index contributed by atoms with van der Waals surface area (Å²) in [5.74, 6) is -0.367. The highest BCUT2D eigenvalue weighted by Gasteiger charge is 2.03. The van der Waals surface area contributed by atoms with E-state index in [0.717, 1.165) is 4.47 Å². The molecule has 0 saturated carbocycles. The van der Waals surface area contributed by atoms with Crippen molar-refractivity contribution in [1.82, 2.24) is 5.32 Å². The standard InChI is InChI=1S/C8H6BrClFNO/c9-6-1-2-7(11)5(3-6)4-12-8(10)13/h1-3H,4H2,(H,12,13). The molecule has 0 fully saturated rings. The van der Waals surface area contributed by atoms with E-state index in [1.165, 1.54) is 6.07 Å². The largest absolute Gasteiger partial charge is 0.338 e. The van der Waals surface area contributed by atoms with Crippen LogP contribution in [0.1, 0.15) is 5.56 Å². The fourth-order valence-corrected chi connectivity index (χ4v) is 1.32. The molecule has 5 heteroatoms. The van der Waals surface area contributed by atoms with Gasteiger partial charge >= 0.3 is 5.37 Å². The molecule has 1 aromatic carbocycles. The van der Waals surface area contributed by atoms with Crippen molar-refractivity contribution in [2.75, 3.05) is 0 Å². The van der Waals surface area contributed by atoms with Crippen LogP contribution in [0.3, 0.4) is 0 Å². The predicted octanol–water partition coefficient (Wildman–Crippen LogP) is 3.04. The first-order valence-electron chi connectivity index (χ1n) is 3.47. The lowest BCUT2D eigenvalue weighted by Gasteiger charge is -2.03. The van der Waals surface area contributed by atoms with Gasteiger partial charge in [-0.1, -0.05) is 15.9 Å². The summed E-state index contributed by atoms with van der Waals surface area (Å²) in [5, 5.41) is 1.60. The number of hydrogen-bond acceptors (Lipinski definition) is 1. The van der Waals surface area contributed by atoms with Gasteiger partial charge < -0.3 is 5.32 Å². The molecule has 0 aromatic heterocycles. The summed E-state index contributed by atoms with van der Waals surface area (Å²) in [7, 11) is 0. The second-order valence-electron chi connectivity index (χ2n) is 2.36. The van der Waals surface area contributed by atoms with Crippen molar-refractivity contribution < 1.29 is 9.18 Å². The third-order valence-electron chi connectivity index (χ3n) is 1.43. The molecule has 1 aromatic rings. The number of rotatable bonds is 2. The Balaban J connectivity index is 2.75. The van der Waals surface area contributed by atoms with Gasteiger partial charge in [-0.15, -0.1) is 0 Å². The molecule has 0 radical (unpaired) electrons. The van der Waals surface area contributed by atoms with Crippen LogP contribution in [0, 0.1) is 5.82 Å². The molecule has 1 rings (SSSR count). The van der Waals surface area contributed by atoms with E-state index < -0.39 is 5.37 Å². The van der Waals surface area contributed by atoms with Crippen LogP contribution in [0.5, 0.6) is 0 Å². The van der Waals surface area contributed by atoms with Gasteiger partial charge in [-0.25, -0.2) is 4.39 Å². The van der Waals surface area contributed by atoms with Gasteiger partial charge in [-0.3, -0.25) is 4.79 Å². The highest BCUT2D eigenvalue weighted by atomic mass is 79.9. The van der Waals surface area contributed by atoms with Gasteiger partial charge in [0.05, 0.1) is 0 Å². The predicted molar refractivity (Wildman–Crippen MR) is 52.2 cm³/mol. The third-order valence-corrected chi connectivity index (χ3v) is 2.05. The van der Waals surface area contributed by atoms with E-state index in [0.29, 0.717) is 5.56 Å². The lowest BCUT2D eigenvalue weighted by atomic mass is 10.2. The number of hydrogen-bond donors (Lipinski definition) is 1. The van der Waals surface area contributed by atoms with E-state index >= 15 is 0 Å². The number of benzene rings is 1. The Morgan fingerprint density at radius 2 is 2.31 bits per heavy atom. The van der Waals surface area contributed by atoms with E-state index in [2.05, 4.69) is 21.2 Å². The first kappa shape index (κ1) is 10.5. The Kier molecular flexibility index (Phi) is 3.69. The maximum Gasteiger partial charge on any atom is 0.314 e. The van der Waals surface area contributed by atoms with Crippen molar-refractivity contribution >= 4 is 32.9 Å². The maximum absolute atomic E-state index is 13.0. The Morgan fingerprint density at radius 3 is 2.92 bits per heavy atom. The van der Waals surface area contributed by atoms with Gasteiger partial charge in [-0.2, -0.15) is 0 Å². The summed E-state index contributed by atoms with van der Waals surface area (Å²) in [6.07, 6.45) is 0. The summed E-state index contributed by atoms with van der Waals surface area (Å²) >= 11 is 8.23. The molecule has 0 aliphatic carbocycles. The molecule has 0 aliphatic heterocycles. The maximum atomic E-state index is 13.0. The number of carbonyl (C=O) groups is 1. The first-order chi connectivity index (χ1) is 6.09. The van der Waals surface area contributed by atoms with Crippen LogP contribution in [0.25, 0.3) is 0 Å². The van der Waals surface area contributed by atoms with Crippen molar-refractivity contribution in [3.05, 3.63) is 34.1 Å². The quantitative estimate of drug-likeness (QED) is 0.647. The minimum Gasteiger partial charge on any atom is -0.338 e. The summed E-state index contributed by atoms with van der Waals surface area (Å²) in [5.41, 5.74) is 0.392. The average Bonchev–Trinajstić information content (AvgIpc) is 2.06. The van der Waals surface area contributed by atoms with Crippen LogP contribution in [0.4, 0.5) is 9.18 Å². The summed E-state index contributed by atoms with van der Waals surface area (Å²) in [6, 6.07) is 4.49. The molecule has 0 bridgehead atoms. The van der Waals surface area contributed by atoms with Crippen LogP contribution in [0.2, 0.25) is 0 Å². The molecule has 2 nitrogen and oxygen atoms in total. The molecule has 0 saturated heterocycles. The van der Waals surface area contributed by atoms with Crippen LogP contribution in [-0.4, -0.2) is 5.37 Å². The molecule has 0 heterocycles. The zero-order valence-corrected chi connectivity index (χ0v) is 8.82. The summed E-state index contributed by atoms with van der Waals surface area (Å²) in [4.78, 5) is 10.3. The molecule has 1 amide bonds. The van der Waals surface area contributed by atoms with Crippen molar-refractivity contribution in [2.24, 2.45) is 0 Å². The fraction of sp³-hybridized carbons (Fsp3) is 0.125. The van der Waals surface area contributed by atoms with Crippen LogP contribution in [0.15, 0.2) is 22.7 Å². The second-order valence-corrected chi connectivity index (χ2v) is 3.62. The Bertz CT molecular complexity index is 332. The molecule has 70 valence electrons. The van der Waals surface area contributed by atoms with Gasteiger partial charge in [0.2, 0.25) is 0 Å². The smallest absolute Gasteiger partial charge is 0.314 e. The lowest BCUT2D eigenvalue weighted by molar-refractivity contribution is 0.259. The molecule has 0 atom stereocenters. The molecular weight excluding hydrogens is 260 g/mol. The minimum absolute atomic E-state index is 0.0909. The zero-order valence-electron chi connectivity index (χ0n) is 6.48. The number of amides is 1. The lowest BCUT2D eigenvalue weighted by Crippen LogP contribution is -2.16. The molecule has 0 unspecified atom stereocenters. The van der Waals surface area contributed by atoms with E-state index in [4.69, 9.17) is 11.6 Å². The van der Waals surface area contributed by atoms with Gasteiger partial charge in [0.15, 0.2) is 0 Å². The zero-order chi connectivity index (χ0) is 9.84. The van der Waals surface area contributed by atoms with Gasteiger partial charge in [0.25, 0.3) is 0 Å². The van der Waals surface area contributed by atoms with Crippen LogP contribution in [-0.2, 0) is 6.54 Å². The Labute approximate surface area is 88.2 Å². The fourth-order valence-electron chi connectivity index (χ4n) is 0.844. The molecule has 13 heavy (non-hydrogen) atoms. The molecule has 0 spiro atoms. The van der Waals surface area contributed by atoms with E-state index in [9.17, 15) is 9.18 Å². The number of carbonyl (C=O) groups excluding carboxylic acids is 1. The van der Waals surface area contributed by atoms with Gasteiger partial charge in [-0.05, 0) is 29.8 Å². The third kappa shape index (κ3) is 3.32. The van der Waals surface area contributed by atoms with Gasteiger partial charge in [0, 0.05) is 16.6 Å². The average molecular weight is 266 g/mol. The normalized spacial score (nSPS) is 9.77. The molecule has 0 aliphatic rings. The van der Waals surface area contributed by atoms with Crippen molar-refractivity contribution in [3.63, 3.8) is 0 Å². The van der Waals surface area contributed by atoms with Crippen molar-refractivity contribution in [2.45, 2.75) is 6.54 Å². The summed E-state index contributed by atoms with van der Waals surface area (Å²) < 4.78 is 13.8. The van der Waals surface area contributed by atoms with Crippen molar-refractivity contribution in [3.8, 4) is 0 Å². The Hall–Kier alpha value is -0.610. The molecular formula is C8H6BrClFNO. The van der Waals surface area contributed by atoms with E-state index in [-0.39, 0.29) is 12.4 Å². The van der Waals surface area contributed by atoms with Crippen molar-refractivity contribution in [1.29, 1.82) is 0 Å². The van der Waals surface area contributed by atoms with E-state index in [1.54, 1.807) is 12.1 Å². The summed E-state index contributed by atoms with van der Waals surface area (Å²) in [6.45, 7) is 0.0909. The monoisotopic (exact) mass is 265 g/mol. The van der Waals surface area contributed by atoms with Gasteiger partial charge in [0.1, 0.15) is 5.82 Å². The van der Waals surface area contributed by atoms with Crippen LogP contribution < -0.4 is 5.32 Å². The van der Waals surface area contributed by atoms with Crippen LogP contribution >= 0.6 is 27.5 Å². The highest BCUT2D eigenvalue weighted by molar-refractivity contribution is 9.10. The highest BCUT2D eigenvalue weighted by Crippen LogP contribution is 2.15. The SMILES string of the molecule is O=C(Cl)NCc1cc(Br)ccc1F. The second kappa shape index (κ2) is 4.58. The molecule has 1 N–H and O–H groups in total. The topological polar surface area (TPSA) is 29.1 Å². The Morgan fingerprint density at radius 1 is 1.62 bits per heavy atom.